The van der Waals surface area contributed by atoms with Gasteiger partial charge in [0, 0.05) is 0 Å². The van der Waals surface area contributed by atoms with E-state index in [1.54, 1.807) is 19.1 Å². The molecule has 0 N–H and O–H groups in total. The molecule has 0 aliphatic rings. The predicted octanol–water partition coefficient (Wildman–Crippen LogP) is 2.48. The Bertz CT molecular complexity index is 1070. The van der Waals surface area contributed by atoms with Gasteiger partial charge in [0.05, 0.1) is 43.5 Å². The molecule has 9 heteroatoms. The summed E-state index contributed by atoms with van der Waals surface area (Å²) >= 11 is 1.09. The molecule has 0 radical (unpaired) electrons. The first-order valence-electron chi connectivity index (χ1n) is 8.34. The Morgan fingerprint density at radius 1 is 1.25 bits per heavy atom. The molecule has 0 aliphatic carbocycles. The van der Waals surface area contributed by atoms with Crippen LogP contribution in [-0.4, -0.2) is 41.0 Å². The maximum Gasteiger partial charge on any atom is 0.337 e. The lowest BCUT2D eigenvalue weighted by molar-refractivity contribution is -0.139. The van der Waals surface area contributed by atoms with Crippen LogP contribution in [0.25, 0.3) is 10.9 Å². The lowest BCUT2D eigenvalue weighted by atomic mass is 10.1. The highest BCUT2D eigenvalue weighted by atomic mass is 32.2. The molecule has 3 rings (SSSR count). The lowest BCUT2D eigenvalue weighted by Crippen LogP contribution is -2.26. The van der Waals surface area contributed by atoms with Gasteiger partial charge in [-0.15, -0.1) is 0 Å². The van der Waals surface area contributed by atoms with Gasteiger partial charge in [0.25, 0.3) is 5.56 Å². The Morgan fingerprint density at radius 3 is 2.68 bits per heavy atom. The van der Waals surface area contributed by atoms with E-state index in [2.05, 4.69) is 4.98 Å². The van der Waals surface area contributed by atoms with Gasteiger partial charge in [-0.3, -0.25) is 14.2 Å². The van der Waals surface area contributed by atoms with Gasteiger partial charge in [-0.25, -0.2) is 9.78 Å². The van der Waals surface area contributed by atoms with Crippen LogP contribution in [0.5, 0.6) is 0 Å². The van der Waals surface area contributed by atoms with Gasteiger partial charge in [-0.1, -0.05) is 11.8 Å². The first kappa shape index (κ1) is 19.7. The second kappa shape index (κ2) is 8.30. The zero-order valence-electron chi connectivity index (χ0n) is 15.5. The highest BCUT2D eigenvalue weighted by Gasteiger charge is 2.21. The van der Waals surface area contributed by atoms with Crippen molar-refractivity contribution in [3.8, 4) is 0 Å². The topological polar surface area (TPSA) is 101 Å². The Labute approximate surface area is 164 Å². The van der Waals surface area contributed by atoms with Crippen molar-refractivity contribution in [2.45, 2.75) is 23.9 Å². The summed E-state index contributed by atoms with van der Waals surface area (Å²) in [4.78, 5) is 41.2. The molecule has 8 nitrogen and oxygen atoms in total. The molecule has 1 aromatic carbocycles. The average Bonchev–Trinajstić information content (AvgIpc) is 3.22. The number of ether oxygens (including phenoxy) is 2. The molecule has 1 atom stereocenters. The number of carbonyl (C=O) groups excluding carboxylic acids is 2. The Kier molecular flexibility index (Phi) is 5.84. The molecule has 3 aromatic rings. The van der Waals surface area contributed by atoms with Crippen molar-refractivity contribution in [3.63, 3.8) is 0 Å². The van der Waals surface area contributed by atoms with Crippen molar-refractivity contribution < 1.29 is 23.5 Å². The molecule has 0 aliphatic heterocycles. The standard InChI is InChI=1S/C19H18N2O6S/c1-11(17(23)25-2)28-19-20-15-9-12(18(24)26-3)6-7-14(15)16(22)21(19)10-13-5-4-8-27-13/h4-9,11H,10H2,1-3H3/t11-/m1/s1. The lowest BCUT2D eigenvalue weighted by Gasteiger charge is -2.15. The maximum absolute atomic E-state index is 13.1. The molecule has 0 bridgehead atoms. The fraction of sp³-hybridized carbons (Fsp3) is 0.263. The van der Waals surface area contributed by atoms with Crippen molar-refractivity contribution in [1.29, 1.82) is 0 Å². The molecule has 2 aromatic heterocycles. The smallest absolute Gasteiger partial charge is 0.337 e. The first-order chi connectivity index (χ1) is 13.4. The van der Waals surface area contributed by atoms with Crippen LogP contribution < -0.4 is 5.56 Å². The van der Waals surface area contributed by atoms with E-state index < -0.39 is 17.2 Å². The van der Waals surface area contributed by atoms with E-state index in [4.69, 9.17) is 13.9 Å². The SMILES string of the molecule is COC(=O)c1ccc2c(=O)n(Cc3ccco3)c(S[C@H](C)C(=O)OC)nc2c1. The number of hydrogen-bond donors (Lipinski definition) is 0. The molecule has 0 fully saturated rings. The Hall–Kier alpha value is -3.07. The van der Waals surface area contributed by atoms with Crippen LogP contribution in [0.15, 0.2) is 51.0 Å². The van der Waals surface area contributed by atoms with Gasteiger partial charge in [-0.05, 0) is 37.3 Å². The van der Waals surface area contributed by atoms with Crippen LogP contribution in [0.2, 0.25) is 0 Å². The summed E-state index contributed by atoms with van der Waals surface area (Å²) in [7, 11) is 2.58. The Morgan fingerprint density at radius 2 is 2.04 bits per heavy atom. The van der Waals surface area contributed by atoms with E-state index >= 15 is 0 Å². The predicted molar refractivity (Wildman–Crippen MR) is 102 cm³/mol. The number of nitrogens with zero attached hydrogens (tertiary/aromatic N) is 2. The molecule has 0 saturated heterocycles. The van der Waals surface area contributed by atoms with Crippen LogP contribution in [0.1, 0.15) is 23.0 Å². The molecule has 0 spiro atoms. The summed E-state index contributed by atoms with van der Waals surface area (Å²) in [6.07, 6.45) is 1.52. The zero-order valence-corrected chi connectivity index (χ0v) is 16.3. The van der Waals surface area contributed by atoms with Gasteiger partial charge in [-0.2, -0.15) is 0 Å². The second-order valence-electron chi connectivity index (χ2n) is 5.87. The molecule has 146 valence electrons. The van der Waals surface area contributed by atoms with Gasteiger partial charge >= 0.3 is 11.9 Å². The highest BCUT2D eigenvalue weighted by Crippen LogP contribution is 2.24. The van der Waals surface area contributed by atoms with E-state index in [0.717, 1.165) is 11.8 Å². The number of benzene rings is 1. The first-order valence-corrected chi connectivity index (χ1v) is 9.22. The molecule has 0 saturated carbocycles. The molecular weight excluding hydrogens is 384 g/mol. The molecule has 28 heavy (non-hydrogen) atoms. The fourth-order valence-electron chi connectivity index (χ4n) is 2.61. The van der Waals surface area contributed by atoms with Gasteiger partial charge < -0.3 is 13.9 Å². The van der Waals surface area contributed by atoms with Crippen LogP contribution in [-0.2, 0) is 20.8 Å². The van der Waals surface area contributed by atoms with Crippen LogP contribution in [0.3, 0.4) is 0 Å². The maximum atomic E-state index is 13.1. The molecular formula is C19H18N2O6S. The van der Waals surface area contributed by atoms with Crippen molar-refractivity contribution in [1.82, 2.24) is 9.55 Å². The number of thioether (sulfide) groups is 1. The van der Waals surface area contributed by atoms with Crippen molar-refractivity contribution >= 4 is 34.6 Å². The summed E-state index contributed by atoms with van der Waals surface area (Å²) in [6, 6.07) is 8.01. The third-order valence-electron chi connectivity index (χ3n) is 4.05. The van der Waals surface area contributed by atoms with Gasteiger partial charge in [0.2, 0.25) is 0 Å². The fourth-order valence-corrected chi connectivity index (χ4v) is 3.54. The van der Waals surface area contributed by atoms with Crippen molar-refractivity contribution in [2.24, 2.45) is 0 Å². The van der Waals surface area contributed by atoms with E-state index in [0.29, 0.717) is 21.8 Å². The number of rotatable bonds is 6. The van der Waals surface area contributed by atoms with E-state index in [-0.39, 0.29) is 17.7 Å². The number of furan rings is 1. The Balaban J connectivity index is 2.15. The van der Waals surface area contributed by atoms with E-state index in [9.17, 15) is 14.4 Å². The number of hydrogen-bond acceptors (Lipinski definition) is 8. The zero-order chi connectivity index (χ0) is 20.3. The number of fused-ring (bicyclic) bond motifs is 1. The summed E-state index contributed by atoms with van der Waals surface area (Å²) < 4.78 is 16.3. The number of carbonyl (C=O) groups is 2. The minimum atomic E-state index is -0.582. The minimum Gasteiger partial charge on any atom is -0.468 e. The van der Waals surface area contributed by atoms with E-state index in [1.807, 2.05) is 0 Å². The van der Waals surface area contributed by atoms with E-state index in [1.165, 1.54) is 43.2 Å². The quantitative estimate of drug-likeness (QED) is 0.352. The number of methoxy groups -OCH3 is 2. The molecule has 0 unspecified atom stereocenters. The molecule has 2 heterocycles. The third kappa shape index (κ3) is 3.94. The second-order valence-corrected chi connectivity index (χ2v) is 7.18. The number of esters is 2. The number of aromatic nitrogens is 2. The van der Waals surface area contributed by atoms with Crippen molar-refractivity contribution in [3.05, 3.63) is 58.3 Å². The van der Waals surface area contributed by atoms with Crippen molar-refractivity contribution in [2.75, 3.05) is 14.2 Å². The summed E-state index contributed by atoms with van der Waals surface area (Å²) in [5.74, 6) is -0.394. The van der Waals surface area contributed by atoms with Gasteiger partial charge in [0.1, 0.15) is 11.0 Å². The summed E-state index contributed by atoms with van der Waals surface area (Å²) in [6.45, 7) is 1.82. The monoisotopic (exact) mass is 402 g/mol. The highest BCUT2D eigenvalue weighted by molar-refractivity contribution is 8.00. The summed E-state index contributed by atoms with van der Waals surface area (Å²) in [5.41, 5.74) is 0.309. The van der Waals surface area contributed by atoms with Crippen LogP contribution in [0, 0.1) is 0 Å². The minimum absolute atomic E-state index is 0.157. The summed E-state index contributed by atoms with van der Waals surface area (Å²) in [5, 5.41) is 0.0732. The van der Waals surface area contributed by atoms with Crippen LogP contribution >= 0.6 is 11.8 Å². The third-order valence-corrected chi connectivity index (χ3v) is 5.12. The molecule has 0 amide bonds. The normalized spacial score (nSPS) is 12.0. The average molecular weight is 402 g/mol. The largest absolute Gasteiger partial charge is 0.468 e. The van der Waals surface area contributed by atoms with Gasteiger partial charge in [0.15, 0.2) is 5.16 Å². The van der Waals surface area contributed by atoms with Crippen LogP contribution in [0.4, 0.5) is 0 Å².